The summed E-state index contributed by atoms with van der Waals surface area (Å²) < 4.78 is 9.66. The van der Waals surface area contributed by atoms with E-state index in [1.54, 1.807) is 0 Å². The molecule has 0 saturated carbocycles. The van der Waals surface area contributed by atoms with Crippen molar-refractivity contribution in [2.24, 2.45) is 0 Å². The number of aromatic nitrogens is 2. The predicted molar refractivity (Wildman–Crippen MR) is 45.1 cm³/mol. The summed E-state index contributed by atoms with van der Waals surface area (Å²) >= 11 is 0. The van der Waals surface area contributed by atoms with Gasteiger partial charge in [0, 0.05) is 13.0 Å². The molecule has 0 bridgehead atoms. The van der Waals surface area contributed by atoms with E-state index in [0.29, 0.717) is 5.88 Å². The molecule has 5 heteroatoms. The summed E-state index contributed by atoms with van der Waals surface area (Å²) in [6.07, 6.45) is 0. The second-order valence-electron chi connectivity index (χ2n) is 2.34. The third-order valence-corrected chi connectivity index (χ3v) is 1.43. The summed E-state index contributed by atoms with van der Waals surface area (Å²) in [5.41, 5.74) is 0.281. The van der Waals surface area contributed by atoms with E-state index in [1.807, 2.05) is 0 Å². The van der Waals surface area contributed by atoms with Gasteiger partial charge in [0.25, 0.3) is 0 Å². The number of rotatable bonds is 3. The van der Waals surface area contributed by atoms with Crippen molar-refractivity contribution < 1.29 is 14.3 Å². The van der Waals surface area contributed by atoms with Crippen LogP contribution in [-0.2, 0) is 0 Å². The molecule has 0 N–H and O–H groups in total. The second kappa shape index (κ2) is 3.84. The molecule has 0 saturated heterocycles. The molecular formula is C8H10N2O3. The van der Waals surface area contributed by atoms with E-state index in [2.05, 4.69) is 9.97 Å². The summed E-state index contributed by atoms with van der Waals surface area (Å²) in [5.74, 6) is 0.163. The van der Waals surface area contributed by atoms with E-state index in [1.165, 1.54) is 27.2 Å². The molecule has 0 fully saturated rings. The fourth-order valence-corrected chi connectivity index (χ4v) is 0.780. The number of nitrogens with zero attached hydrogens (tertiary/aromatic N) is 2. The van der Waals surface area contributed by atoms with Crippen LogP contribution in [0.4, 0.5) is 0 Å². The molecule has 0 aliphatic carbocycles. The molecule has 0 aliphatic rings. The number of methoxy groups -OCH3 is 2. The predicted octanol–water partition coefficient (Wildman–Crippen LogP) is 0.696. The van der Waals surface area contributed by atoms with Crippen LogP contribution in [0, 0.1) is 0 Å². The number of hydrogen-bond donors (Lipinski definition) is 0. The Labute approximate surface area is 75.7 Å². The average molecular weight is 182 g/mol. The van der Waals surface area contributed by atoms with Crippen molar-refractivity contribution in [3.05, 3.63) is 11.8 Å². The first-order valence-corrected chi connectivity index (χ1v) is 3.65. The number of ether oxygens (including phenoxy) is 2. The minimum absolute atomic E-state index is 0.129. The third kappa shape index (κ3) is 2.14. The highest BCUT2D eigenvalue weighted by Gasteiger charge is 2.07. The van der Waals surface area contributed by atoms with Crippen molar-refractivity contribution in [3.63, 3.8) is 0 Å². The van der Waals surface area contributed by atoms with E-state index in [4.69, 9.17) is 9.47 Å². The maximum atomic E-state index is 11.0. The normalized spacial score (nSPS) is 9.46. The Hall–Kier alpha value is -1.65. The Kier molecular flexibility index (Phi) is 2.79. The second-order valence-corrected chi connectivity index (χ2v) is 2.34. The molecule has 0 amide bonds. The van der Waals surface area contributed by atoms with Crippen LogP contribution < -0.4 is 9.47 Å². The van der Waals surface area contributed by atoms with Gasteiger partial charge in [-0.15, -0.1) is 0 Å². The Morgan fingerprint density at radius 1 is 1.31 bits per heavy atom. The van der Waals surface area contributed by atoms with Crippen molar-refractivity contribution in [3.8, 4) is 11.9 Å². The topological polar surface area (TPSA) is 61.3 Å². The van der Waals surface area contributed by atoms with Crippen LogP contribution in [0.2, 0.25) is 0 Å². The van der Waals surface area contributed by atoms with Gasteiger partial charge in [0.15, 0.2) is 5.78 Å². The minimum Gasteiger partial charge on any atom is -0.481 e. The summed E-state index contributed by atoms with van der Waals surface area (Å²) in [6, 6.07) is 1.59. The van der Waals surface area contributed by atoms with Crippen molar-refractivity contribution in [1.82, 2.24) is 9.97 Å². The zero-order valence-electron chi connectivity index (χ0n) is 7.70. The average Bonchev–Trinajstić information content (AvgIpc) is 2.16. The Morgan fingerprint density at radius 2 is 2.00 bits per heavy atom. The van der Waals surface area contributed by atoms with Gasteiger partial charge in [-0.2, -0.15) is 9.97 Å². The lowest BCUT2D eigenvalue weighted by Gasteiger charge is -2.03. The molecule has 0 aliphatic heterocycles. The number of ketones is 1. The molecule has 0 radical (unpaired) electrons. The third-order valence-electron chi connectivity index (χ3n) is 1.43. The van der Waals surface area contributed by atoms with Crippen LogP contribution in [0.15, 0.2) is 6.07 Å². The van der Waals surface area contributed by atoms with Gasteiger partial charge in [0.2, 0.25) is 5.88 Å². The van der Waals surface area contributed by atoms with Gasteiger partial charge in [-0.1, -0.05) is 0 Å². The highest BCUT2D eigenvalue weighted by Crippen LogP contribution is 2.13. The molecule has 70 valence electrons. The van der Waals surface area contributed by atoms with E-state index < -0.39 is 0 Å². The fraction of sp³-hybridized carbons (Fsp3) is 0.375. The number of hydrogen-bond acceptors (Lipinski definition) is 5. The monoisotopic (exact) mass is 182 g/mol. The largest absolute Gasteiger partial charge is 0.481 e. The lowest BCUT2D eigenvalue weighted by atomic mass is 10.3. The van der Waals surface area contributed by atoms with E-state index in [0.717, 1.165) is 0 Å². The maximum absolute atomic E-state index is 11.0. The summed E-state index contributed by atoms with van der Waals surface area (Å²) in [6.45, 7) is 1.42. The molecule has 13 heavy (non-hydrogen) atoms. The molecule has 1 heterocycles. The first-order valence-electron chi connectivity index (χ1n) is 3.65. The van der Waals surface area contributed by atoms with Gasteiger partial charge >= 0.3 is 6.01 Å². The molecule has 1 aromatic rings. The van der Waals surface area contributed by atoms with E-state index >= 15 is 0 Å². The van der Waals surface area contributed by atoms with Gasteiger partial charge in [0.05, 0.1) is 14.2 Å². The lowest BCUT2D eigenvalue weighted by molar-refractivity contribution is 0.101. The van der Waals surface area contributed by atoms with Crippen molar-refractivity contribution in [2.45, 2.75) is 6.92 Å². The van der Waals surface area contributed by atoms with Crippen molar-refractivity contribution >= 4 is 5.78 Å². The maximum Gasteiger partial charge on any atom is 0.320 e. The summed E-state index contributed by atoms with van der Waals surface area (Å²) in [7, 11) is 2.89. The zero-order chi connectivity index (χ0) is 9.84. The van der Waals surface area contributed by atoms with Crippen molar-refractivity contribution in [1.29, 1.82) is 0 Å². The number of carbonyl (C=O) groups is 1. The highest BCUT2D eigenvalue weighted by atomic mass is 16.5. The number of Topliss-reactive ketones (excluding diaryl/α,β-unsaturated/α-hetero) is 1. The van der Waals surface area contributed by atoms with Crippen LogP contribution in [0.25, 0.3) is 0 Å². The first-order chi connectivity index (χ1) is 6.17. The van der Waals surface area contributed by atoms with Gasteiger partial charge in [-0.3, -0.25) is 4.79 Å². The molecule has 1 aromatic heterocycles. The van der Waals surface area contributed by atoms with Crippen LogP contribution in [0.5, 0.6) is 11.9 Å². The van der Waals surface area contributed by atoms with Gasteiger partial charge in [-0.25, -0.2) is 0 Å². The molecular weight excluding hydrogens is 172 g/mol. The fourth-order valence-electron chi connectivity index (χ4n) is 0.780. The molecule has 5 nitrogen and oxygen atoms in total. The van der Waals surface area contributed by atoms with Crippen LogP contribution in [-0.4, -0.2) is 30.0 Å². The first kappa shape index (κ1) is 9.44. The highest BCUT2D eigenvalue weighted by molar-refractivity contribution is 5.92. The minimum atomic E-state index is -0.154. The lowest BCUT2D eigenvalue weighted by Crippen LogP contribution is -2.02. The molecule has 1 rings (SSSR count). The molecule has 0 atom stereocenters. The summed E-state index contributed by atoms with van der Waals surface area (Å²) in [4.78, 5) is 18.7. The number of carbonyl (C=O) groups excluding carboxylic acids is 1. The molecule has 0 unspecified atom stereocenters. The Balaban J connectivity index is 3.14. The van der Waals surface area contributed by atoms with Crippen molar-refractivity contribution in [2.75, 3.05) is 14.2 Å². The van der Waals surface area contributed by atoms with Gasteiger partial charge in [-0.05, 0) is 0 Å². The SMILES string of the molecule is COc1cc(C(C)=O)nc(OC)n1. The molecule has 0 spiro atoms. The quantitative estimate of drug-likeness (QED) is 0.644. The van der Waals surface area contributed by atoms with E-state index in [-0.39, 0.29) is 17.5 Å². The summed E-state index contributed by atoms with van der Waals surface area (Å²) in [5, 5.41) is 0. The standard InChI is InChI=1S/C8H10N2O3/c1-5(11)6-4-7(12-2)10-8(9-6)13-3/h4H,1-3H3. The smallest absolute Gasteiger partial charge is 0.320 e. The van der Waals surface area contributed by atoms with Crippen LogP contribution in [0.1, 0.15) is 17.4 Å². The van der Waals surface area contributed by atoms with Gasteiger partial charge < -0.3 is 9.47 Å². The van der Waals surface area contributed by atoms with Gasteiger partial charge in [0.1, 0.15) is 5.69 Å². The van der Waals surface area contributed by atoms with Crippen LogP contribution >= 0.6 is 0 Å². The Bertz CT molecular complexity index is 303. The Morgan fingerprint density at radius 3 is 2.46 bits per heavy atom. The zero-order valence-corrected chi connectivity index (χ0v) is 7.70. The molecule has 0 aromatic carbocycles. The van der Waals surface area contributed by atoms with Crippen LogP contribution in [0.3, 0.4) is 0 Å². The van der Waals surface area contributed by atoms with E-state index in [9.17, 15) is 4.79 Å².